The molecule has 13 heavy (non-hydrogen) atoms. The van der Waals surface area contributed by atoms with Crippen molar-refractivity contribution in [3.8, 4) is 12.3 Å². The van der Waals surface area contributed by atoms with Crippen LogP contribution >= 0.6 is 0 Å². The Balaban J connectivity index is 2.74. The van der Waals surface area contributed by atoms with Gasteiger partial charge in [-0.1, -0.05) is 5.92 Å². The van der Waals surface area contributed by atoms with Gasteiger partial charge in [0, 0.05) is 12.7 Å². The first-order chi connectivity index (χ1) is 6.15. The van der Waals surface area contributed by atoms with Crippen LogP contribution < -0.4 is 0 Å². The van der Waals surface area contributed by atoms with E-state index in [0.717, 1.165) is 5.69 Å². The minimum absolute atomic E-state index is 0.165. The monoisotopic (exact) mass is 177 g/mol. The van der Waals surface area contributed by atoms with Gasteiger partial charge < -0.3 is 4.90 Å². The van der Waals surface area contributed by atoms with Gasteiger partial charge in [0.15, 0.2) is 0 Å². The summed E-state index contributed by atoms with van der Waals surface area (Å²) in [5.74, 6) is 2.23. The summed E-state index contributed by atoms with van der Waals surface area (Å²) >= 11 is 0. The molecule has 1 heterocycles. The van der Waals surface area contributed by atoms with Gasteiger partial charge in [-0.3, -0.25) is 9.89 Å². The number of nitrogens with one attached hydrogen (secondary N) is 1. The minimum Gasteiger partial charge on any atom is -0.329 e. The predicted octanol–water partition coefficient (Wildman–Crippen LogP) is 0.423. The fourth-order valence-electron chi connectivity index (χ4n) is 0.932. The average molecular weight is 177 g/mol. The Morgan fingerprint density at radius 3 is 3.00 bits per heavy atom. The molecule has 0 bridgehead atoms. The van der Waals surface area contributed by atoms with Crippen molar-refractivity contribution in [2.24, 2.45) is 0 Å². The zero-order valence-electron chi connectivity index (χ0n) is 7.66. The van der Waals surface area contributed by atoms with Crippen molar-refractivity contribution in [3.05, 3.63) is 17.5 Å². The highest BCUT2D eigenvalue weighted by Gasteiger charge is 2.12. The van der Waals surface area contributed by atoms with E-state index in [-0.39, 0.29) is 5.91 Å². The summed E-state index contributed by atoms with van der Waals surface area (Å²) in [4.78, 5) is 12.9. The van der Waals surface area contributed by atoms with Crippen LogP contribution in [0.4, 0.5) is 0 Å². The van der Waals surface area contributed by atoms with Crippen LogP contribution in [0, 0.1) is 19.3 Å². The fourth-order valence-corrected chi connectivity index (χ4v) is 0.932. The van der Waals surface area contributed by atoms with Gasteiger partial charge in [-0.25, -0.2) is 0 Å². The van der Waals surface area contributed by atoms with Crippen LogP contribution in [-0.4, -0.2) is 34.6 Å². The molecule has 0 atom stereocenters. The third kappa shape index (κ3) is 2.09. The van der Waals surface area contributed by atoms with E-state index in [9.17, 15) is 4.79 Å². The standard InChI is InChI=1S/C9H11N3O/c1-4-5-12(3)9(13)8-6-7(2)10-11-8/h1,6H,5H2,2-3H3,(H,10,11). The summed E-state index contributed by atoms with van der Waals surface area (Å²) in [5.41, 5.74) is 1.26. The maximum Gasteiger partial charge on any atom is 0.274 e. The maximum absolute atomic E-state index is 11.5. The fraction of sp³-hybridized carbons (Fsp3) is 0.333. The van der Waals surface area contributed by atoms with Crippen LogP contribution in [0.25, 0.3) is 0 Å². The van der Waals surface area contributed by atoms with Gasteiger partial charge in [0.05, 0.1) is 6.54 Å². The summed E-state index contributed by atoms with van der Waals surface area (Å²) in [6.45, 7) is 2.13. The van der Waals surface area contributed by atoms with Crippen LogP contribution in [0.3, 0.4) is 0 Å². The summed E-state index contributed by atoms with van der Waals surface area (Å²) < 4.78 is 0. The summed E-state index contributed by atoms with van der Waals surface area (Å²) in [5, 5.41) is 6.53. The van der Waals surface area contributed by atoms with E-state index < -0.39 is 0 Å². The van der Waals surface area contributed by atoms with Crippen LogP contribution in [-0.2, 0) is 0 Å². The van der Waals surface area contributed by atoms with Gasteiger partial charge in [-0.05, 0) is 13.0 Å². The zero-order chi connectivity index (χ0) is 9.84. The number of rotatable bonds is 2. The molecule has 0 aliphatic rings. The Labute approximate surface area is 76.9 Å². The van der Waals surface area contributed by atoms with Gasteiger partial charge in [0.25, 0.3) is 5.91 Å². The molecule has 1 rings (SSSR count). The van der Waals surface area contributed by atoms with Crippen LogP contribution in [0.15, 0.2) is 6.07 Å². The molecule has 0 unspecified atom stereocenters. The van der Waals surface area contributed by atoms with Crippen LogP contribution in [0.1, 0.15) is 16.2 Å². The van der Waals surface area contributed by atoms with Crippen LogP contribution in [0.5, 0.6) is 0 Å². The van der Waals surface area contributed by atoms with E-state index in [0.29, 0.717) is 12.2 Å². The highest BCUT2D eigenvalue weighted by atomic mass is 16.2. The predicted molar refractivity (Wildman–Crippen MR) is 49.1 cm³/mol. The number of aromatic amines is 1. The van der Waals surface area contributed by atoms with Gasteiger partial charge in [-0.15, -0.1) is 6.42 Å². The van der Waals surface area contributed by atoms with E-state index in [4.69, 9.17) is 6.42 Å². The second-order valence-electron chi connectivity index (χ2n) is 2.80. The molecular formula is C9H11N3O. The molecular weight excluding hydrogens is 166 g/mol. The van der Waals surface area contributed by atoms with Gasteiger partial charge in [0.2, 0.25) is 0 Å². The number of nitrogens with zero attached hydrogens (tertiary/aromatic N) is 2. The van der Waals surface area contributed by atoms with Crippen molar-refractivity contribution in [1.29, 1.82) is 0 Å². The first-order valence-corrected chi connectivity index (χ1v) is 3.86. The second-order valence-corrected chi connectivity index (χ2v) is 2.80. The molecule has 0 aromatic carbocycles. The van der Waals surface area contributed by atoms with Gasteiger partial charge in [-0.2, -0.15) is 5.10 Å². The number of hydrogen-bond donors (Lipinski definition) is 1. The summed E-state index contributed by atoms with van der Waals surface area (Å²) in [6.07, 6.45) is 5.08. The van der Waals surface area contributed by atoms with Crippen molar-refractivity contribution in [3.63, 3.8) is 0 Å². The topological polar surface area (TPSA) is 49.0 Å². The highest BCUT2D eigenvalue weighted by molar-refractivity contribution is 5.92. The number of hydrogen-bond acceptors (Lipinski definition) is 2. The summed E-state index contributed by atoms with van der Waals surface area (Å²) in [6, 6.07) is 1.69. The lowest BCUT2D eigenvalue weighted by molar-refractivity contribution is 0.0807. The van der Waals surface area contributed by atoms with E-state index >= 15 is 0 Å². The van der Waals surface area contributed by atoms with Crippen molar-refractivity contribution in [2.45, 2.75) is 6.92 Å². The third-order valence-electron chi connectivity index (χ3n) is 1.60. The molecule has 1 aromatic rings. The molecule has 0 spiro atoms. The average Bonchev–Trinajstić information content (AvgIpc) is 2.51. The van der Waals surface area contributed by atoms with Gasteiger partial charge in [0.1, 0.15) is 5.69 Å². The van der Waals surface area contributed by atoms with E-state index in [1.807, 2.05) is 6.92 Å². The molecule has 4 nitrogen and oxygen atoms in total. The van der Waals surface area contributed by atoms with Crippen molar-refractivity contribution in [2.75, 3.05) is 13.6 Å². The van der Waals surface area contributed by atoms with E-state index in [1.165, 1.54) is 4.90 Å². The number of carbonyl (C=O) groups excluding carboxylic acids is 1. The third-order valence-corrected chi connectivity index (χ3v) is 1.60. The molecule has 0 saturated heterocycles. The molecule has 0 aliphatic carbocycles. The maximum atomic E-state index is 11.5. The molecule has 0 fully saturated rings. The van der Waals surface area contributed by atoms with Crippen LogP contribution in [0.2, 0.25) is 0 Å². The lowest BCUT2D eigenvalue weighted by Crippen LogP contribution is -2.27. The Bertz CT molecular complexity index is 348. The number of carbonyl (C=O) groups is 1. The largest absolute Gasteiger partial charge is 0.329 e. The smallest absolute Gasteiger partial charge is 0.274 e. The molecule has 1 N–H and O–H groups in total. The van der Waals surface area contributed by atoms with Crippen molar-refractivity contribution in [1.82, 2.24) is 15.1 Å². The normalized spacial score (nSPS) is 9.31. The zero-order valence-corrected chi connectivity index (χ0v) is 7.66. The number of aryl methyl sites for hydroxylation is 1. The minimum atomic E-state index is -0.165. The molecule has 4 heteroatoms. The molecule has 0 aliphatic heterocycles. The molecule has 1 amide bonds. The number of aromatic nitrogens is 2. The number of terminal acetylenes is 1. The summed E-state index contributed by atoms with van der Waals surface area (Å²) in [7, 11) is 1.65. The van der Waals surface area contributed by atoms with Crippen molar-refractivity contribution < 1.29 is 4.79 Å². The lowest BCUT2D eigenvalue weighted by atomic mass is 10.3. The molecule has 0 radical (unpaired) electrons. The Morgan fingerprint density at radius 2 is 2.54 bits per heavy atom. The quantitative estimate of drug-likeness (QED) is 0.666. The van der Waals surface area contributed by atoms with E-state index in [2.05, 4.69) is 16.1 Å². The lowest BCUT2D eigenvalue weighted by Gasteiger charge is -2.10. The molecule has 0 saturated carbocycles. The number of amides is 1. The first kappa shape index (κ1) is 9.33. The van der Waals surface area contributed by atoms with Gasteiger partial charge >= 0.3 is 0 Å². The second kappa shape index (κ2) is 3.76. The highest BCUT2D eigenvalue weighted by Crippen LogP contribution is 2.01. The Hall–Kier alpha value is -1.76. The SMILES string of the molecule is C#CCN(C)C(=O)c1cc(C)[nH]n1. The van der Waals surface area contributed by atoms with Crippen molar-refractivity contribution >= 4 is 5.91 Å². The molecule has 68 valence electrons. The van der Waals surface area contributed by atoms with E-state index in [1.54, 1.807) is 13.1 Å². The number of H-pyrrole nitrogens is 1. The molecule has 1 aromatic heterocycles. The Morgan fingerprint density at radius 1 is 1.85 bits per heavy atom. The first-order valence-electron chi connectivity index (χ1n) is 3.86. The Kier molecular flexibility index (Phi) is 2.70.